The van der Waals surface area contributed by atoms with Crippen molar-refractivity contribution in [2.24, 2.45) is 0 Å². The van der Waals surface area contributed by atoms with Crippen LogP contribution in [0.1, 0.15) is 67.5 Å². The van der Waals surface area contributed by atoms with Crippen LogP contribution in [0.5, 0.6) is 11.5 Å². The summed E-state index contributed by atoms with van der Waals surface area (Å²) in [7, 11) is 1.72. The summed E-state index contributed by atoms with van der Waals surface area (Å²) >= 11 is 0. The van der Waals surface area contributed by atoms with Crippen LogP contribution in [0.2, 0.25) is 0 Å². The van der Waals surface area contributed by atoms with Gasteiger partial charge in [0.2, 0.25) is 0 Å². The molecular formula is C44H55N2O7P. The van der Waals surface area contributed by atoms with Gasteiger partial charge in [-0.3, -0.25) is 0 Å². The molecule has 54 heavy (non-hydrogen) atoms. The van der Waals surface area contributed by atoms with Crippen molar-refractivity contribution in [1.29, 1.82) is 5.26 Å². The third-order valence-corrected chi connectivity index (χ3v) is 11.6. The van der Waals surface area contributed by atoms with Gasteiger partial charge < -0.3 is 32.7 Å². The molecule has 1 saturated heterocycles. The lowest BCUT2D eigenvalue weighted by Crippen LogP contribution is -2.42. The second-order valence-corrected chi connectivity index (χ2v) is 15.6. The Labute approximate surface area is 323 Å². The first kappa shape index (κ1) is 41.3. The molecule has 0 amide bonds. The summed E-state index contributed by atoms with van der Waals surface area (Å²) in [5.41, 5.74) is 5.21. The monoisotopic (exact) mass is 754 g/mol. The molecule has 0 spiro atoms. The van der Waals surface area contributed by atoms with E-state index >= 15 is 0 Å². The zero-order valence-electron chi connectivity index (χ0n) is 32.9. The molecule has 4 atom stereocenters. The van der Waals surface area contributed by atoms with E-state index in [1.54, 1.807) is 14.2 Å². The number of nitriles is 1. The Kier molecular flexibility index (Phi) is 15.0. The second kappa shape index (κ2) is 19.7. The molecule has 1 heterocycles. The average molecular weight is 755 g/mol. The van der Waals surface area contributed by atoms with Crippen molar-refractivity contribution in [3.8, 4) is 17.6 Å². The van der Waals surface area contributed by atoms with Crippen LogP contribution in [0.3, 0.4) is 0 Å². The lowest BCUT2D eigenvalue weighted by Gasteiger charge is -2.39. The fraction of sp³-hybridized carbons (Fsp3) is 0.432. The summed E-state index contributed by atoms with van der Waals surface area (Å²) in [5.74, 6) is 1.49. The van der Waals surface area contributed by atoms with Crippen molar-refractivity contribution in [2.75, 3.05) is 34.0 Å². The minimum Gasteiger partial charge on any atom is -0.497 e. The summed E-state index contributed by atoms with van der Waals surface area (Å²) in [6.07, 6.45) is -1.20. The minimum absolute atomic E-state index is 0.126. The van der Waals surface area contributed by atoms with E-state index in [2.05, 4.69) is 82.6 Å². The van der Waals surface area contributed by atoms with Crippen molar-refractivity contribution in [3.63, 3.8) is 0 Å². The van der Waals surface area contributed by atoms with Crippen molar-refractivity contribution in [1.82, 2.24) is 4.67 Å². The van der Waals surface area contributed by atoms with E-state index in [9.17, 15) is 5.26 Å². The fourth-order valence-electron chi connectivity index (χ4n) is 7.10. The Bertz CT molecular complexity index is 1700. The number of aryl methyl sites for hydroxylation is 2. The smallest absolute Gasteiger partial charge is 0.259 e. The molecule has 288 valence electrons. The normalized spacial score (nSPS) is 17.9. The molecule has 10 heteroatoms. The van der Waals surface area contributed by atoms with Crippen molar-refractivity contribution >= 4 is 8.53 Å². The standard InChI is InChI=1S/C44H55N2O7P/c1-31(2)46(32(3)4)54(52-24-12-23-45)53-43-41(49-28-35-26-33(5)25-34(6)27-35)29-50-42(43)30-51-44(36-13-10-9-11-14-36,37-15-19-39(47-7)20-16-37)38-17-21-40(48-8)22-18-38/h9-11,13-22,25-27,31-32,41-43H,12,24,28-30H2,1-8H3/t41-,42+,43-,54?/m0/s1. The number of hydrogen-bond donors (Lipinski definition) is 0. The topological polar surface area (TPSA) is 91.6 Å². The molecule has 0 saturated carbocycles. The molecule has 5 rings (SSSR count). The van der Waals surface area contributed by atoms with E-state index in [1.165, 1.54) is 11.1 Å². The van der Waals surface area contributed by atoms with Crippen LogP contribution in [0.4, 0.5) is 0 Å². The second-order valence-electron chi connectivity index (χ2n) is 14.1. The van der Waals surface area contributed by atoms with Gasteiger partial charge in [0, 0.05) is 12.1 Å². The number of rotatable bonds is 19. The molecule has 0 N–H and O–H groups in total. The van der Waals surface area contributed by atoms with Crippen molar-refractivity contribution < 1.29 is 32.7 Å². The number of benzene rings is 4. The Hall–Kier alpha value is -3.84. The van der Waals surface area contributed by atoms with Crippen LogP contribution in [0, 0.1) is 25.2 Å². The van der Waals surface area contributed by atoms with E-state index < -0.39 is 32.4 Å². The largest absolute Gasteiger partial charge is 0.497 e. The van der Waals surface area contributed by atoms with E-state index in [0.717, 1.165) is 33.8 Å². The van der Waals surface area contributed by atoms with E-state index in [-0.39, 0.29) is 31.7 Å². The van der Waals surface area contributed by atoms with Gasteiger partial charge in [0.05, 0.1) is 53.1 Å². The molecule has 0 aliphatic carbocycles. The lowest BCUT2D eigenvalue weighted by atomic mass is 9.80. The third kappa shape index (κ3) is 10.1. The predicted octanol–water partition coefficient (Wildman–Crippen LogP) is 9.27. The first-order valence-electron chi connectivity index (χ1n) is 18.6. The van der Waals surface area contributed by atoms with Gasteiger partial charge in [-0.15, -0.1) is 0 Å². The lowest BCUT2D eigenvalue weighted by molar-refractivity contribution is -0.0726. The van der Waals surface area contributed by atoms with E-state index in [1.807, 2.05) is 66.7 Å². The average Bonchev–Trinajstić information content (AvgIpc) is 3.55. The SMILES string of the molecule is COc1ccc(C(OC[C@H]2OC[C@H](OCc3cc(C)cc(C)c3)[C@@H]2OP(OCCC#N)N(C(C)C)C(C)C)(c2ccccc2)c2ccc(OC)cc2)cc1. The molecular weight excluding hydrogens is 699 g/mol. The fourth-order valence-corrected chi connectivity index (χ4v) is 8.89. The Balaban J connectivity index is 1.55. The predicted molar refractivity (Wildman–Crippen MR) is 213 cm³/mol. The van der Waals surface area contributed by atoms with Gasteiger partial charge >= 0.3 is 0 Å². The van der Waals surface area contributed by atoms with Crippen LogP contribution >= 0.6 is 8.53 Å². The zero-order valence-corrected chi connectivity index (χ0v) is 33.8. The Morgan fingerprint density at radius 2 is 1.37 bits per heavy atom. The van der Waals surface area contributed by atoms with E-state index in [0.29, 0.717) is 13.2 Å². The summed E-state index contributed by atoms with van der Waals surface area (Å²) in [6, 6.07) is 35.1. The number of methoxy groups -OCH3 is 2. The maximum absolute atomic E-state index is 9.36. The first-order valence-corrected chi connectivity index (χ1v) is 19.8. The maximum atomic E-state index is 9.36. The summed E-state index contributed by atoms with van der Waals surface area (Å²) in [4.78, 5) is 0. The first-order chi connectivity index (χ1) is 26.1. The summed E-state index contributed by atoms with van der Waals surface area (Å²) in [6.45, 7) is 13.9. The van der Waals surface area contributed by atoms with Crippen molar-refractivity contribution in [3.05, 3.63) is 130 Å². The summed E-state index contributed by atoms with van der Waals surface area (Å²) in [5, 5.41) is 9.36. The highest BCUT2D eigenvalue weighted by Gasteiger charge is 2.46. The highest BCUT2D eigenvalue weighted by molar-refractivity contribution is 7.44. The third-order valence-electron chi connectivity index (χ3n) is 9.46. The molecule has 1 fully saturated rings. The van der Waals surface area contributed by atoms with Gasteiger partial charge in [-0.1, -0.05) is 83.9 Å². The molecule has 0 bridgehead atoms. The zero-order chi connectivity index (χ0) is 38.7. The highest BCUT2D eigenvalue weighted by Crippen LogP contribution is 2.50. The van der Waals surface area contributed by atoms with Crippen LogP contribution in [0.15, 0.2) is 97.1 Å². The van der Waals surface area contributed by atoms with Gasteiger partial charge in [-0.05, 0) is 88.1 Å². The van der Waals surface area contributed by atoms with Crippen LogP contribution < -0.4 is 9.47 Å². The van der Waals surface area contributed by atoms with Gasteiger partial charge in [0.15, 0.2) is 0 Å². The quantitative estimate of drug-likeness (QED) is 0.0528. The molecule has 4 aromatic carbocycles. The van der Waals surface area contributed by atoms with Crippen LogP contribution in [0.25, 0.3) is 0 Å². The molecule has 1 aliphatic heterocycles. The number of hydrogen-bond acceptors (Lipinski definition) is 9. The molecule has 9 nitrogen and oxygen atoms in total. The number of ether oxygens (including phenoxy) is 5. The van der Waals surface area contributed by atoms with Gasteiger partial charge in [-0.2, -0.15) is 5.26 Å². The molecule has 1 aliphatic rings. The molecule has 0 radical (unpaired) electrons. The van der Waals surface area contributed by atoms with Gasteiger partial charge in [0.1, 0.15) is 35.4 Å². The molecule has 1 unspecified atom stereocenters. The Morgan fingerprint density at radius 3 is 1.89 bits per heavy atom. The highest BCUT2D eigenvalue weighted by atomic mass is 31.2. The summed E-state index contributed by atoms with van der Waals surface area (Å²) < 4.78 is 47.3. The minimum atomic E-state index is -1.60. The van der Waals surface area contributed by atoms with Crippen LogP contribution in [-0.2, 0) is 35.5 Å². The molecule has 0 aromatic heterocycles. The van der Waals surface area contributed by atoms with E-state index in [4.69, 9.17) is 32.7 Å². The maximum Gasteiger partial charge on any atom is 0.259 e. The van der Waals surface area contributed by atoms with Crippen LogP contribution in [-0.4, -0.2) is 69.1 Å². The van der Waals surface area contributed by atoms with Gasteiger partial charge in [0.25, 0.3) is 8.53 Å². The Morgan fingerprint density at radius 1 is 0.815 bits per heavy atom. The molecule has 4 aromatic rings. The van der Waals surface area contributed by atoms with Gasteiger partial charge in [-0.25, -0.2) is 4.67 Å². The van der Waals surface area contributed by atoms with Crippen molar-refractivity contribution in [2.45, 2.75) is 90.6 Å². The number of nitrogens with zero attached hydrogens (tertiary/aromatic N) is 2.